The number of anilines is 1. The summed E-state index contributed by atoms with van der Waals surface area (Å²) in [5.74, 6) is 0. The number of fused-ring (bicyclic) bond motifs is 2. The number of aromatic nitrogens is 3. The minimum absolute atomic E-state index is 0.145. The summed E-state index contributed by atoms with van der Waals surface area (Å²) in [6, 6.07) is 4.06. The molecule has 23 heavy (non-hydrogen) atoms. The van der Waals surface area contributed by atoms with E-state index in [1.807, 2.05) is 11.3 Å². The molecule has 3 aromatic rings. The van der Waals surface area contributed by atoms with Gasteiger partial charge in [-0.2, -0.15) is 4.52 Å². The summed E-state index contributed by atoms with van der Waals surface area (Å²) in [6.07, 6.45) is 2.66. The molecule has 0 spiro atoms. The summed E-state index contributed by atoms with van der Waals surface area (Å²) in [4.78, 5) is 20.5. The van der Waals surface area contributed by atoms with Crippen LogP contribution < -0.4 is 10.9 Å². The summed E-state index contributed by atoms with van der Waals surface area (Å²) < 4.78 is 1.34. The van der Waals surface area contributed by atoms with Crippen LogP contribution >= 0.6 is 22.7 Å². The summed E-state index contributed by atoms with van der Waals surface area (Å²) >= 11 is 3.27. The van der Waals surface area contributed by atoms with E-state index in [2.05, 4.69) is 38.7 Å². The maximum Gasteiger partial charge on any atom is 0.275 e. The summed E-state index contributed by atoms with van der Waals surface area (Å²) in [5, 5.41) is 10.6. The quantitative estimate of drug-likeness (QED) is 0.783. The van der Waals surface area contributed by atoms with E-state index in [9.17, 15) is 4.79 Å². The smallest absolute Gasteiger partial charge is 0.275 e. The molecule has 0 bridgehead atoms. The SMILES string of the molecule is C[C@H](CNc1nn2c(=O)ccnc2s1)N1CCc2sccc2C1. The molecule has 0 amide bonds. The zero-order chi connectivity index (χ0) is 15.8. The molecule has 0 aliphatic carbocycles. The van der Waals surface area contributed by atoms with Gasteiger partial charge in [0.1, 0.15) is 0 Å². The Morgan fingerprint density at radius 3 is 3.22 bits per heavy atom. The second-order valence-electron chi connectivity index (χ2n) is 5.70. The maximum atomic E-state index is 11.7. The van der Waals surface area contributed by atoms with Crippen molar-refractivity contribution in [2.75, 3.05) is 18.4 Å². The predicted molar refractivity (Wildman–Crippen MR) is 93.5 cm³/mol. The van der Waals surface area contributed by atoms with E-state index in [1.54, 1.807) is 0 Å². The van der Waals surface area contributed by atoms with E-state index in [1.165, 1.54) is 38.6 Å². The third kappa shape index (κ3) is 2.89. The summed E-state index contributed by atoms with van der Waals surface area (Å²) in [7, 11) is 0. The van der Waals surface area contributed by atoms with Crippen LogP contribution in [0, 0.1) is 0 Å². The molecule has 0 saturated heterocycles. The highest BCUT2D eigenvalue weighted by molar-refractivity contribution is 7.20. The topological polar surface area (TPSA) is 62.5 Å². The number of hydrogen-bond donors (Lipinski definition) is 1. The first kappa shape index (κ1) is 14.8. The van der Waals surface area contributed by atoms with Crippen LogP contribution in [0.15, 0.2) is 28.5 Å². The minimum Gasteiger partial charge on any atom is -0.359 e. The third-order valence-electron chi connectivity index (χ3n) is 4.18. The highest BCUT2D eigenvalue weighted by Gasteiger charge is 2.21. The number of thiophene rings is 1. The molecule has 4 heterocycles. The first-order chi connectivity index (χ1) is 11.2. The van der Waals surface area contributed by atoms with Gasteiger partial charge in [-0.15, -0.1) is 16.4 Å². The van der Waals surface area contributed by atoms with Crippen molar-refractivity contribution in [2.45, 2.75) is 25.9 Å². The lowest BCUT2D eigenvalue weighted by Gasteiger charge is -2.32. The Hall–Kier alpha value is -1.77. The van der Waals surface area contributed by atoms with Crippen molar-refractivity contribution < 1.29 is 0 Å². The van der Waals surface area contributed by atoms with Gasteiger partial charge in [0, 0.05) is 42.8 Å². The number of nitrogens with one attached hydrogen (secondary N) is 1. The van der Waals surface area contributed by atoms with Gasteiger partial charge >= 0.3 is 0 Å². The molecular formula is C15H17N5OS2. The zero-order valence-corrected chi connectivity index (χ0v) is 14.4. The van der Waals surface area contributed by atoms with Gasteiger partial charge in [-0.1, -0.05) is 11.3 Å². The van der Waals surface area contributed by atoms with Gasteiger partial charge in [0.2, 0.25) is 10.1 Å². The standard InChI is InChI=1S/C15H17N5OS2/c1-10(19-6-3-12-11(9-19)4-7-22-12)8-17-14-18-20-13(21)2-5-16-15(20)23-14/h2,4-5,7,10H,3,6,8-9H2,1H3,(H,17,18)/t10-/m1/s1. The van der Waals surface area contributed by atoms with Crippen LogP contribution in [0.25, 0.3) is 4.96 Å². The Kier molecular flexibility index (Phi) is 3.88. The fourth-order valence-corrected chi connectivity index (χ4v) is 4.50. The lowest BCUT2D eigenvalue weighted by molar-refractivity contribution is 0.200. The van der Waals surface area contributed by atoms with Crippen LogP contribution in [0.4, 0.5) is 5.13 Å². The first-order valence-corrected chi connectivity index (χ1v) is 9.28. The molecule has 0 unspecified atom stereocenters. The molecular weight excluding hydrogens is 330 g/mol. The minimum atomic E-state index is -0.145. The maximum absolute atomic E-state index is 11.7. The van der Waals surface area contributed by atoms with Gasteiger partial charge in [-0.05, 0) is 30.4 Å². The molecule has 1 aliphatic heterocycles. The van der Waals surface area contributed by atoms with Crippen LogP contribution in [-0.4, -0.2) is 38.6 Å². The monoisotopic (exact) mass is 347 g/mol. The second-order valence-corrected chi connectivity index (χ2v) is 7.66. The number of nitrogens with zero attached hydrogens (tertiary/aromatic N) is 4. The molecule has 8 heteroatoms. The molecule has 120 valence electrons. The molecule has 0 aromatic carbocycles. The molecule has 4 rings (SSSR count). The van der Waals surface area contributed by atoms with Crippen LogP contribution in [0.1, 0.15) is 17.4 Å². The molecule has 3 aromatic heterocycles. The van der Waals surface area contributed by atoms with Crippen LogP contribution in [0.5, 0.6) is 0 Å². The summed E-state index contributed by atoms with van der Waals surface area (Å²) in [5.41, 5.74) is 1.32. The van der Waals surface area contributed by atoms with Gasteiger partial charge in [0.05, 0.1) is 0 Å². The normalized spacial score (nSPS) is 16.4. The van der Waals surface area contributed by atoms with E-state index < -0.39 is 0 Å². The highest BCUT2D eigenvalue weighted by atomic mass is 32.1. The van der Waals surface area contributed by atoms with Gasteiger partial charge in [0.25, 0.3) is 5.56 Å². The average molecular weight is 347 g/mol. The Balaban J connectivity index is 1.42. The Morgan fingerprint density at radius 1 is 1.43 bits per heavy atom. The van der Waals surface area contributed by atoms with E-state index in [4.69, 9.17) is 0 Å². The van der Waals surface area contributed by atoms with Crippen molar-refractivity contribution in [2.24, 2.45) is 0 Å². The molecule has 1 N–H and O–H groups in total. The van der Waals surface area contributed by atoms with Crippen molar-refractivity contribution in [3.8, 4) is 0 Å². The fraction of sp³-hybridized carbons (Fsp3) is 0.400. The number of hydrogen-bond acceptors (Lipinski definition) is 7. The molecule has 0 radical (unpaired) electrons. The fourth-order valence-electron chi connectivity index (χ4n) is 2.83. The van der Waals surface area contributed by atoms with Crippen LogP contribution in [0.3, 0.4) is 0 Å². The van der Waals surface area contributed by atoms with E-state index in [0.717, 1.165) is 31.2 Å². The Bertz CT molecular complexity index is 883. The van der Waals surface area contributed by atoms with Gasteiger partial charge in [-0.3, -0.25) is 9.69 Å². The third-order valence-corrected chi connectivity index (χ3v) is 6.08. The van der Waals surface area contributed by atoms with E-state index in [0.29, 0.717) is 11.0 Å². The van der Waals surface area contributed by atoms with Crippen molar-refractivity contribution in [1.82, 2.24) is 19.5 Å². The molecule has 0 fully saturated rings. The van der Waals surface area contributed by atoms with Gasteiger partial charge in [-0.25, -0.2) is 4.98 Å². The van der Waals surface area contributed by atoms with Crippen LogP contribution in [-0.2, 0) is 13.0 Å². The molecule has 6 nitrogen and oxygen atoms in total. The zero-order valence-electron chi connectivity index (χ0n) is 12.7. The van der Waals surface area contributed by atoms with Gasteiger partial charge < -0.3 is 5.32 Å². The van der Waals surface area contributed by atoms with Crippen molar-refractivity contribution in [3.63, 3.8) is 0 Å². The Morgan fingerprint density at radius 2 is 2.35 bits per heavy atom. The molecule has 1 atom stereocenters. The highest BCUT2D eigenvalue weighted by Crippen LogP contribution is 2.25. The second kappa shape index (κ2) is 6.03. The van der Waals surface area contributed by atoms with Crippen molar-refractivity contribution in [1.29, 1.82) is 0 Å². The number of rotatable bonds is 4. The lowest BCUT2D eigenvalue weighted by Crippen LogP contribution is -2.40. The van der Waals surface area contributed by atoms with E-state index in [-0.39, 0.29) is 5.56 Å². The average Bonchev–Trinajstić information content (AvgIpc) is 3.18. The Labute approximate surface area is 141 Å². The van der Waals surface area contributed by atoms with Crippen molar-refractivity contribution >= 4 is 32.8 Å². The van der Waals surface area contributed by atoms with Crippen LogP contribution in [0.2, 0.25) is 0 Å². The summed E-state index contributed by atoms with van der Waals surface area (Å²) in [6.45, 7) is 5.13. The van der Waals surface area contributed by atoms with Gasteiger partial charge in [0.15, 0.2) is 0 Å². The predicted octanol–water partition coefficient (Wildman–Crippen LogP) is 2.07. The van der Waals surface area contributed by atoms with Crippen molar-refractivity contribution in [3.05, 3.63) is 44.5 Å². The van der Waals surface area contributed by atoms with E-state index >= 15 is 0 Å². The molecule has 1 aliphatic rings. The molecule has 0 saturated carbocycles. The lowest BCUT2D eigenvalue weighted by atomic mass is 10.1. The first-order valence-electron chi connectivity index (χ1n) is 7.59. The largest absolute Gasteiger partial charge is 0.359 e.